The van der Waals surface area contributed by atoms with Gasteiger partial charge >= 0.3 is 5.97 Å². The van der Waals surface area contributed by atoms with Crippen LogP contribution >= 0.6 is 11.8 Å². The van der Waals surface area contributed by atoms with E-state index >= 15 is 0 Å². The molecule has 0 heterocycles. The van der Waals surface area contributed by atoms with Crippen molar-refractivity contribution in [1.82, 2.24) is 0 Å². The Bertz CT molecular complexity index is 170. The van der Waals surface area contributed by atoms with Crippen LogP contribution in [0.4, 0.5) is 0 Å². The van der Waals surface area contributed by atoms with Crippen LogP contribution < -0.4 is 0 Å². The predicted molar refractivity (Wildman–Crippen MR) is 55.2 cm³/mol. The number of carboxylic acid groups (broad SMARTS) is 1. The summed E-state index contributed by atoms with van der Waals surface area (Å²) in [7, 11) is 1.52. The minimum Gasteiger partial charge on any atom is -0.480 e. The Hall–Kier alpha value is -0.220. The standard InChI is InChI=1S/C9H18O3S/c1-7(2)5-13-9(3,6-12-4)8(10)11/h7H,5-6H2,1-4H3,(H,10,11). The lowest BCUT2D eigenvalue weighted by Gasteiger charge is -2.23. The number of carbonyl (C=O) groups is 1. The Balaban J connectivity index is 4.16. The Morgan fingerprint density at radius 1 is 1.62 bits per heavy atom. The third kappa shape index (κ3) is 4.52. The van der Waals surface area contributed by atoms with Crippen molar-refractivity contribution in [2.75, 3.05) is 19.5 Å². The van der Waals surface area contributed by atoms with Crippen molar-refractivity contribution < 1.29 is 14.6 Å². The van der Waals surface area contributed by atoms with E-state index in [1.807, 2.05) is 0 Å². The van der Waals surface area contributed by atoms with E-state index in [1.165, 1.54) is 18.9 Å². The van der Waals surface area contributed by atoms with E-state index in [2.05, 4.69) is 13.8 Å². The molecule has 1 unspecified atom stereocenters. The number of hydrogen-bond acceptors (Lipinski definition) is 3. The van der Waals surface area contributed by atoms with Crippen LogP contribution in [0, 0.1) is 5.92 Å². The number of aliphatic carboxylic acids is 1. The summed E-state index contributed by atoms with van der Waals surface area (Å²) >= 11 is 1.44. The molecule has 0 spiro atoms. The van der Waals surface area contributed by atoms with Crippen LogP contribution in [0.15, 0.2) is 0 Å². The Labute approximate surface area is 83.9 Å². The summed E-state index contributed by atoms with van der Waals surface area (Å²) in [4.78, 5) is 10.9. The number of carboxylic acids is 1. The van der Waals surface area contributed by atoms with Crippen molar-refractivity contribution >= 4 is 17.7 Å². The first-order valence-electron chi connectivity index (χ1n) is 4.28. The van der Waals surface area contributed by atoms with Gasteiger partial charge in [-0.05, 0) is 18.6 Å². The highest BCUT2D eigenvalue weighted by atomic mass is 32.2. The first-order chi connectivity index (χ1) is 5.92. The second kappa shape index (κ2) is 5.50. The Morgan fingerprint density at radius 2 is 2.15 bits per heavy atom. The highest BCUT2D eigenvalue weighted by Gasteiger charge is 2.33. The van der Waals surface area contributed by atoms with E-state index in [4.69, 9.17) is 9.84 Å². The van der Waals surface area contributed by atoms with Gasteiger partial charge in [-0.25, -0.2) is 0 Å². The molecule has 4 heteroatoms. The average Bonchev–Trinajstić information content (AvgIpc) is 2.01. The van der Waals surface area contributed by atoms with Crippen molar-refractivity contribution in [3.63, 3.8) is 0 Å². The van der Waals surface area contributed by atoms with Crippen LogP contribution in [0.3, 0.4) is 0 Å². The fraction of sp³-hybridized carbons (Fsp3) is 0.889. The van der Waals surface area contributed by atoms with Gasteiger partial charge in [0.15, 0.2) is 0 Å². The maximum Gasteiger partial charge on any atom is 0.321 e. The van der Waals surface area contributed by atoms with Gasteiger partial charge < -0.3 is 9.84 Å². The second-order valence-electron chi connectivity index (χ2n) is 3.67. The summed E-state index contributed by atoms with van der Waals surface area (Å²) in [6, 6.07) is 0. The fourth-order valence-electron chi connectivity index (χ4n) is 0.791. The van der Waals surface area contributed by atoms with Gasteiger partial charge in [0, 0.05) is 7.11 Å². The van der Waals surface area contributed by atoms with E-state index in [9.17, 15) is 4.79 Å². The molecule has 0 saturated carbocycles. The van der Waals surface area contributed by atoms with Crippen molar-refractivity contribution in [3.05, 3.63) is 0 Å². The van der Waals surface area contributed by atoms with E-state index in [1.54, 1.807) is 6.92 Å². The molecule has 0 aliphatic rings. The molecule has 1 N–H and O–H groups in total. The quantitative estimate of drug-likeness (QED) is 0.720. The van der Waals surface area contributed by atoms with Gasteiger partial charge in [-0.3, -0.25) is 4.79 Å². The predicted octanol–water partition coefficient (Wildman–Crippen LogP) is 1.87. The molecule has 78 valence electrons. The van der Waals surface area contributed by atoms with Gasteiger partial charge in [-0.1, -0.05) is 13.8 Å². The molecule has 0 bridgehead atoms. The van der Waals surface area contributed by atoms with E-state index in [0.29, 0.717) is 5.92 Å². The van der Waals surface area contributed by atoms with E-state index in [0.717, 1.165) is 5.75 Å². The number of methoxy groups -OCH3 is 1. The van der Waals surface area contributed by atoms with E-state index in [-0.39, 0.29) is 6.61 Å². The smallest absolute Gasteiger partial charge is 0.321 e. The number of hydrogen-bond donors (Lipinski definition) is 1. The summed E-state index contributed by atoms with van der Waals surface area (Å²) in [5, 5.41) is 8.98. The lowest BCUT2D eigenvalue weighted by atomic mass is 10.2. The monoisotopic (exact) mass is 206 g/mol. The summed E-state index contributed by atoms with van der Waals surface area (Å²) in [6.07, 6.45) is 0. The number of thioether (sulfide) groups is 1. The van der Waals surface area contributed by atoms with Gasteiger partial charge in [0.2, 0.25) is 0 Å². The Morgan fingerprint density at radius 3 is 2.46 bits per heavy atom. The van der Waals surface area contributed by atoms with Gasteiger partial charge in [0.25, 0.3) is 0 Å². The summed E-state index contributed by atoms with van der Waals surface area (Å²) in [6.45, 7) is 6.09. The van der Waals surface area contributed by atoms with Crippen LogP contribution in [-0.2, 0) is 9.53 Å². The molecule has 0 rings (SSSR count). The van der Waals surface area contributed by atoms with Crippen LogP contribution in [0.2, 0.25) is 0 Å². The zero-order valence-electron chi connectivity index (χ0n) is 8.66. The van der Waals surface area contributed by atoms with Crippen LogP contribution in [0.25, 0.3) is 0 Å². The van der Waals surface area contributed by atoms with Crippen molar-refractivity contribution in [1.29, 1.82) is 0 Å². The minimum absolute atomic E-state index is 0.250. The van der Waals surface area contributed by atoms with Gasteiger partial charge in [-0.15, -0.1) is 11.8 Å². The first kappa shape index (κ1) is 12.8. The molecular formula is C9H18O3S. The largest absolute Gasteiger partial charge is 0.480 e. The van der Waals surface area contributed by atoms with Crippen molar-refractivity contribution in [3.8, 4) is 0 Å². The van der Waals surface area contributed by atoms with Crippen molar-refractivity contribution in [2.45, 2.75) is 25.5 Å². The summed E-state index contributed by atoms with van der Waals surface area (Å²) in [5.41, 5.74) is 0. The maximum absolute atomic E-state index is 10.9. The SMILES string of the molecule is COCC(C)(SCC(C)C)C(=O)O. The molecule has 0 saturated heterocycles. The fourth-order valence-corrected chi connectivity index (χ4v) is 1.82. The van der Waals surface area contributed by atoms with Crippen molar-refractivity contribution in [2.24, 2.45) is 5.92 Å². The number of ether oxygens (including phenoxy) is 1. The minimum atomic E-state index is -0.807. The lowest BCUT2D eigenvalue weighted by molar-refractivity contribution is -0.140. The molecule has 13 heavy (non-hydrogen) atoms. The Kier molecular flexibility index (Phi) is 5.40. The van der Waals surface area contributed by atoms with Gasteiger partial charge in [0.05, 0.1) is 6.61 Å². The highest BCUT2D eigenvalue weighted by molar-refractivity contribution is 8.01. The topological polar surface area (TPSA) is 46.5 Å². The third-order valence-electron chi connectivity index (χ3n) is 1.61. The number of rotatable bonds is 6. The summed E-state index contributed by atoms with van der Waals surface area (Å²) in [5.74, 6) is 0.534. The molecule has 0 aliphatic heterocycles. The molecule has 3 nitrogen and oxygen atoms in total. The zero-order valence-corrected chi connectivity index (χ0v) is 9.48. The third-order valence-corrected chi connectivity index (χ3v) is 3.37. The van der Waals surface area contributed by atoms with Gasteiger partial charge in [-0.2, -0.15) is 0 Å². The molecule has 0 radical (unpaired) electrons. The molecule has 0 aromatic heterocycles. The molecule has 0 fully saturated rings. The average molecular weight is 206 g/mol. The lowest BCUT2D eigenvalue weighted by Crippen LogP contribution is -2.37. The van der Waals surface area contributed by atoms with Gasteiger partial charge in [0.1, 0.15) is 4.75 Å². The highest BCUT2D eigenvalue weighted by Crippen LogP contribution is 2.27. The van der Waals surface area contributed by atoms with Crippen LogP contribution in [0.1, 0.15) is 20.8 Å². The van der Waals surface area contributed by atoms with Crippen LogP contribution in [0.5, 0.6) is 0 Å². The molecular weight excluding hydrogens is 188 g/mol. The maximum atomic E-state index is 10.9. The molecule has 0 aliphatic carbocycles. The summed E-state index contributed by atoms with van der Waals surface area (Å²) < 4.78 is 4.09. The molecule has 0 aromatic rings. The molecule has 0 aromatic carbocycles. The molecule has 1 atom stereocenters. The molecule has 0 amide bonds. The second-order valence-corrected chi connectivity index (χ2v) is 5.20. The first-order valence-corrected chi connectivity index (χ1v) is 5.27. The zero-order chi connectivity index (χ0) is 10.5. The van der Waals surface area contributed by atoms with E-state index < -0.39 is 10.7 Å². The van der Waals surface area contributed by atoms with Crippen LogP contribution in [-0.4, -0.2) is 35.3 Å². The normalized spacial score (nSPS) is 15.8.